The van der Waals surface area contributed by atoms with Crippen LogP contribution in [0.1, 0.15) is 25.0 Å². The van der Waals surface area contributed by atoms with Crippen LogP contribution in [0.3, 0.4) is 0 Å². The number of hydrogen-bond acceptors (Lipinski definition) is 1. The van der Waals surface area contributed by atoms with Crippen molar-refractivity contribution in [3.8, 4) is 0 Å². The van der Waals surface area contributed by atoms with Gasteiger partial charge in [-0.15, -0.1) is 0 Å². The molecule has 2 rings (SSSR count). The van der Waals surface area contributed by atoms with Crippen LogP contribution in [-0.2, 0) is 6.42 Å². The third kappa shape index (κ3) is 4.01. The Bertz CT molecular complexity index is 506. The molecule has 0 bridgehead atoms. The molecule has 0 spiro atoms. The lowest BCUT2D eigenvalue weighted by Crippen LogP contribution is -2.01. The summed E-state index contributed by atoms with van der Waals surface area (Å²) < 4.78 is 4.18. The number of nitrogens with zero attached hydrogens (tertiary/aromatic N) is 2. The molecule has 0 saturated carbocycles. The molecule has 0 fully saturated rings. The third-order valence-electron chi connectivity index (χ3n) is 2.71. The highest BCUT2D eigenvalue weighted by Crippen LogP contribution is 2.25. The van der Waals surface area contributed by atoms with Gasteiger partial charge in [0.15, 0.2) is 0 Å². The van der Waals surface area contributed by atoms with E-state index >= 15 is 0 Å². The molecule has 0 amide bonds. The molecular weight excluding hydrogens is 277 g/mol. The monoisotopic (exact) mass is 300 g/mol. The van der Waals surface area contributed by atoms with Gasteiger partial charge < -0.3 is 4.34 Å². The van der Waals surface area contributed by atoms with Gasteiger partial charge in [0.25, 0.3) is 0 Å². The van der Waals surface area contributed by atoms with Gasteiger partial charge in [-0.2, -0.15) is 0 Å². The van der Waals surface area contributed by atoms with Gasteiger partial charge in [0.05, 0.1) is 5.52 Å². The molecule has 0 radical (unpaired) electrons. The van der Waals surface area contributed by atoms with Crippen molar-refractivity contribution >= 4 is 39.1 Å². The Morgan fingerprint density at radius 1 is 1.22 bits per heavy atom. The van der Waals surface area contributed by atoms with Gasteiger partial charge in [0, 0.05) is 18.1 Å². The second-order valence-electron chi connectivity index (χ2n) is 4.07. The van der Waals surface area contributed by atoms with Crippen molar-refractivity contribution in [1.29, 1.82) is 0 Å². The van der Waals surface area contributed by atoms with Crippen LogP contribution in [0.2, 0.25) is 0 Å². The van der Waals surface area contributed by atoms with Crippen molar-refractivity contribution < 1.29 is 0 Å². The first kappa shape index (κ1) is 16.1. The highest BCUT2D eigenvalue weighted by Gasteiger charge is 2.06. The summed E-state index contributed by atoms with van der Waals surface area (Å²) in [5.74, 6) is 0. The van der Waals surface area contributed by atoms with Gasteiger partial charge in [-0.05, 0) is 40.4 Å². The smallest absolute Gasteiger partial charge is 0.0512 e. The molecule has 5 heteroatoms. The largest absolute Gasteiger partial charge is 0.332 e. The van der Waals surface area contributed by atoms with Crippen molar-refractivity contribution in [2.45, 2.75) is 27.2 Å². The van der Waals surface area contributed by atoms with Crippen molar-refractivity contribution in [3.63, 3.8) is 0 Å². The fraction of sp³-hybridized carbons (Fsp3) is 0.385. The van der Waals surface area contributed by atoms with E-state index in [0.29, 0.717) is 0 Å². The van der Waals surface area contributed by atoms with E-state index in [2.05, 4.69) is 68.3 Å². The molecular formula is C13H23N2P3. The van der Waals surface area contributed by atoms with Crippen LogP contribution in [0.5, 0.6) is 0 Å². The average Bonchev–Trinajstić information content (AvgIpc) is 2.66. The Morgan fingerprint density at radius 3 is 2.50 bits per heavy atom. The molecule has 0 saturated heterocycles. The van der Waals surface area contributed by atoms with Gasteiger partial charge in [-0.3, -0.25) is 4.44 Å². The molecule has 1 heterocycles. The summed E-state index contributed by atoms with van der Waals surface area (Å²) >= 11 is 0. The van der Waals surface area contributed by atoms with E-state index in [4.69, 9.17) is 0 Å². The molecule has 0 aliphatic carbocycles. The van der Waals surface area contributed by atoms with Gasteiger partial charge >= 0.3 is 0 Å². The molecule has 0 aliphatic rings. The van der Waals surface area contributed by atoms with Crippen LogP contribution in [0.4, 0.5) is 0 Å². The van der Waals surface area contributed by atoms with Gasteiger partial charge in [-0.25, -0.2) is 0 Å². The first-order valence-electron chi connectivity index (χ1n) is 6.20. The first-order valence-corrected chi connectivity index (χ1v) is 7.75. The fourth-order valence-electron chi connectivity index (χ4n) is 1.89. The summed E-state index contributed by atoms with van der Waals surface area (Å²) in [7, 11) is 8.08. The maximum Gasteiger partial charge on any atom is 0.0512 e. The Balaban J connectivity index is 0.000000771. The van der Waals surface area contributed by atoms with Crippen LogP contribution in [0.25, 0.3) is 10.9 Å². The van der Waals surface area contributed by atoms with Crippen molar-refractivity contribution in [1.82, 2.24) is 8.78 Å². The summed E-state index contributed by atoms with van der Waals surface area (Å²) in [5, 5.41) is 1.37. The lowest BCUT2D eigenvalue weighted by atomic mass is 10.1. The van der Waals surface area contributed by atoms with E-state index in [0.717, 1.165) is 13.0 Å². The number of aromatic nitrogens is 1. The molecule has 0 N–H and O–H groups in total. The van der Waals surface area contributed by atoms with E-state index in [-0.39, 0.29) is 0 Å². The third-order valence-corrected chi connectivity index (χ3v) is 3.65. The maximum atomic E-state index is 2.75. The zero-order valence-electron chi connectivity index (χ0n) is 11.4. The van der Waals surface area contributed by atoms with Crippen LogP contribution in [-0.4, -0.2) is 15.3 Å². The van der Waals surface area contributed by atoms with Crippen LogP contribution in [0, 0.1) is 6.92 Å². The van der Waals surface area contributed by atoms with Crippen LogP contribution < -0.4 is 0 Å². The van der Waals surface area contributed by atoms with E-state index in [1.54, 1.807) is 0 Å². The average molecular weight is 300 g/mol. The molecule has 2 aromatic rings. The van der Waals surface area contributed by atoms with Gasteiger partial charge in [0.2, 0.25) is 0 Å². The summed E-state index contributed by atoms with van der Waals surface area (Å²) in [6.45, 7) is 7.16. The van der Waals surface area contributed by atoms with Gasteiger partial charge in [0.1, 0.15) is 0 Å². The SMILES string of the molecule is CC.Cc1ccc2c(c1)c(CCN(P)P)cn2P. The van der Waals surface area contributed by atoms with E-state index in [9.17, 15) is 0 Å². The standard InChI is InChI=1S/C11H17N2P3.C2H6/c1-8-2-3-11-10(6-8)9(7-12(11)14)4-5-13(15)16;1-2/h2-3,6-7H,4-5,14-16H2,1H3;1-2H3. The minimum atomic E-state index is 1.02. The number of aryl methyl sites for hydroxylation is 1. The predicted octanol–water partition coefficient (Wildman–Crippen LogP) is 4.04. The minimum absolute atomic E-state index is 1.02. The molecule has 3 atom stereocenters. The summed E-state index contributed by atoms with van der Waals surface area (Å²) in [6, 6.07) is 6.60. The fourth-order valence-corrected chi connectivity index (χ4v) is 2.55. The normalized spacial score (nSPS) is 10.6. The maximum absolute atomic E-state index is 2.75. The molecule has 100 valence electrons. The second kappa shape index (κ2) is 7.56. The summed E-state index contributed by atoms with van der Waals surface area (Å²) in [5.41, 5.74) is 4.01. The van der Waals surface area contributed by atoms with E-state index < -0.39 is 0 Å². The Labute approximate surface area is 117 Å². The number of rotatable bonds is 3. The van der Waals surface area contributed by atoms with Crippen molar-refractivity contribution in [2.24, 2.45) is 0 Å². The number of fused-ring (bicyclic) bond motifs is 1. The number of hydrogen-bond donors (Lipinski definition) is 0. The molecule has 3 unspecified atom stereocenters. The lowest BCUT2D eigenvalue weighted by Gasteiger charge is -2.07. The zero-order valence-corrected chi connectivity index (χ0v) is 14.8. The number of benzene rings is 1. The minimum Gasteiger partial charge on any atom is -0.332 e. The molecule has 18 heavy (non-hydrogen) atoms. The topological polar surface area (TPSA) is 8.17 Å². The molecule has 1 aromatic heterocycles. The second-order valence-corrected chi connectivity index (χ2v) is 6.55. The predicted molar refractivity (Wildman–Crippen MR) is 93.0 cm³/mol. The first-order chi connectivity index (χ1) is 8.58. The summed E-state index contributed by atoms with van der Waals surface area (Å²) in [4.78, 5) is 0. The van der Waals surface area contributed by atoms with Crippen molar-refractivity contribution in [3.05, 3.63) is 35.5 Å². The molecule has 0 aliphatic heterocycles. The molecule has 1 aromatic carbocycles. The molecule has 2 nitrogen and oxygen atoms in total. The van der Waals surface area contributed by atoms with Crippen LogP contribution in [0.15, 0.2) is 24.4 Å². The summed E-state index contributed by atoms with van der Waals surface area (Å²) in [6.07, 6.45) is 3.27. The Kier molecular flexibility index (Phi) is 6.75. The Hall–Kier alpha value is 0.01000. The van der Waals surface area contributed by atoms with Crippen LogP contribution >= 0.6 is 28.2 Å². The highest BCUT2D eigenvalue weighted by molar-refractivity contribution is 7.30. The quantitative estimate of drug-likeness (QED) is 0.777. The van der Waals surface area contributed by atoms with E-state index in [1.807, 2.05) is 13.8 Å². The van der Waals surface area contributed by atoms with Crippen molar-refractivity contribution in [2.75, 3.05) is 6.54 Å². The van der Waals surface area contributed by atoms with E-state index in [1.165, 1.54) is 22.0 Å². The Morgan fingerprint density at radius 2 is 1.89 bits per heavy atom. The lowest BCUT2D eigenvalue weighted by molar-refractivity contribution is 0.728. The zero-order chi connectivity index (χ0) is 13.7. The highest BCUT2D eigenvalue weighted by atomic mass is 31.1. The van der Waals surface area contributed by atoms with Gasteiger partial charge in [-0.1, -0.05) is 44.3 Å².